The Balaban J connectivity index is 2.02. The fraction of sp³-hybridized carbons (Fsp3) is 0.923. The first kappa shape index (κ1) is 13.9. The normalized spacial score (nSPS) is 34.2. The summed E-state index contributed by atoms with van der Waals surface area (Å²) in [6, 6.07) is 1.00. The number of hydrogen-bond donors (Lipinski definition) is 3. The van der Waals surface area contributed by atoms with E-state index in [1.807, 2.05) is 0 Å². The van der Waals surface area contributed by atoms with E-state index in [1.54, 1.807) is 0 Å². The van der Waals surface area contributed by atoms with Gasteiger partial charge in [0.15, 0.2) is 0 Å². The van der Waals surface area contributed by atoms with Gasteiger partial charge in [0.05, 0.1) is 0 Å². The molecule has 102 valence electrons. The lowest BCUT2D eigenvalue weighted by molar-refractivity contribution is -0.146. The molecule has 0 aromatic heterocycles. The van der Waals surface area contributed by atoms with Crippen LogP contribution < -0.4 is 11.1 Å². The van der Waals surface area contributed by atoms with Gasteiger partial charge in [0.2, 0.25) is 0 Å². The molecule has 2 heterocycles. The van der Waals surface area contributed by atoms with Crippen molar-refractivity contribution in [3.63, 3.8) is 0 Å². The molecule has 2 aliphatic rings. The molecule has 0 saturated carbocycles. The van der Waals surface area contributed by atoms with Gasteiger partial charge in [-0.15, -0.1) is 0 Å². The third-order valence-electron chi connectivity index (χ3n) is 4.79. The Kier molecular flexibility index (Phi) is 4.33. The lowest BCUT2D eigenvalue weighted by atomic mass is 9.73. The number of rotatable bonds is 6. The highest BCUT2D eigenvalue weighted by atomic mass is 16.4. The molecule has 0 radical (unpaired) electrons. The van der Waals surface area contributed by atoms with Crippen LogP contribution in [0, 0.1) is 5.92 Å². The van der Waals surface area contributed by atoms with E-state index in [4.69, 9.17) is 5.73 Å². The van der Waals surface area contributed by atoms with Crippen molar-refractivity contribution in [3.8, 4) is 0 Å². The van der Waals surface area contributed by atoms with E-state index in [0.717, 1.165) is 32.0 Å². The van der Waals surface area contributed by atoms with Crippen LogP contribution in [0.4, 0.5) is 0 Å². The molecular formula is C13H25BN2O2. The Morgan fingerprint density at radius 2 is 1.94 bits per heavy atom. The molecule has 4 nitrogen and oxygen atoms in total. The van der Waals surface area contributed by atoms with Crippen LogP contribution in [0.5, 0.6) is 0 Å². The fourth-order valence-electron chi connectivity index (χ4n) is 3.63. The van der Waals surface area contributed by atoms with E-state index in [9.17, 15) is 9.90 Å². The maximum absolute atomic E-state index is 11.6. The zero-order chi connectivity index (χ0) is 13.2. The first-order chi connectivity index (χ1) is 8.56. The van der Waals surface area contributed by atoms with E-state index in [0.29, 0.717) is 18.5 Å². The van der Waals surface area contributed by atoms with Crippen molar-refractivity contribution in [1.82, 2.24) is 5.32 Å². The fourth-order valence-corrected chi connectivity index (χ4v) is 3.63. The number of aliphatic carboxylic acids is 1. The van der Waals surface area contributed by atoms with Crippen molar-refractivity contribution in [2.45, 2.75) is 68.9 Å². The molecule has 3 unspecified atom stereocenters. The molecule has 0 aliphatic carbocycles. The topological polar surface area (TPSA) is 75.4 Å². The third kappa shape index (κ3) is 2.72. The third-order valence-corrected chi connectivity index (χ3v) is 4.79. The minimum atomic E-state index is -1.00. The van der Waals surface area contributed by atoms with E-state index in [2.05, 4.69) is 13.2 Å². The van der Waals surface area contributed by atoms with Gasteiger partial charge >= 0.3 is 5.97 Å². The Morgan fingerprint density at radius 3 is 2.44 bits per heavy atom. The van der Waals surface area contributed by atoms with Gasteiger partial charge in [-0.1, -0.05) is 19.2 Å². The number of nitrogens with one attached hydrogen (secondary N) is 1. The molecule has 2 bridgehead atoms. The summed E-state index contributed by atoms with van der Waals surface area (Å²) < 4.78 is 0. The summed E-state index contributed by atoms with van der Waals surface area (Å²) in [6.45, 7) is 0. The Labute approximate surface area is 110 Å². The predicted octanol–water partition coefficient (Wildman–Crippen LogP) is 0.521. The molecule has 5 heteroatoms. The Bertz CT molecular complexity index is 301. The lowest BCUT2D eigenvalue weighted by Crippen LogP contribution is -2.58. The SMILES string of the molecule is BCCCCC(N)(C(=O)O)C1CC2CCC(C1)N2. The number of hydrogen-bond acceptors (Lipinski definition) is 3. The maximum Gasteiger partial charge on any atom is 0.323 e. The molecule has 18 heavy (non-hydrogen) atoms. The number of fused-ring (bicyclic) bond motifs is 2. The van der Waals surface area contributed by atoms with Crippen molar-refractivity contribution >= 4 is 13.8 Å². The smallest absolute Gasteiger partial charge is 0.323 e. The standard InChI is InChI=1S/C13H25BN2O2/c14-6-2-1-5-13(15,12(17)18)9-7-10-3-4-11(8-9)16-10/h9-11,16H,1-8,14-15H2,(H,17,18). The number of piperidine rings is 1. The van der Waals surface area contributed by atoms with Crippen LogP contribution in [-0.2, 0) is 4.79 Å². The highest BCUT2D eigenvalue weighted by Gasteiger charge is 2.47. The summed E-state index contributed by atoms with van der Waals surface area (Å²) >= 11 is 0. The van der Waals surface area contributed by atoms with E-state index < -0.39 is 11.5 Å². The van der Waals surface area contributed by atoms with Crippen molar-refractivity contribution < 1.29 is 9.90 Å². The number of carboxylic acids is 1. The quantitative estimate of drug-likeness (QED) is 0.476. The highest BCUT2D eigenvalue weighted by Crippen LogP contribution is 2.38. The van der Waals surface area contributed by atoms with Crippen molar-refractivity contribution in [1.29, 1.82) is 0 Å². The van der Waals surface area contributed by atoms with Crippen molar-refractivity contribution in [3.05, 3.63) is 0 Å². The summed E-state index contributed by atoms with van der Waals surface area (Å²) in [4.78, 5) is 11.6. The zero-order valence-corrected chi connectivity index (χ0v) is 11.3. The van der Waals surface area contributed by atoms with Gasteiger partial charge in [-0.05, 0) is 38.0 Å². The number of unbranched alkanes of at least 4 members (excludes halogenated alkanes) is 1. The highest BCUT2D eigenvalue weighted by molar-refractivity contribution is 6.08. The molecule has 3 atom stereocenters. The molecule has 2 saturated heterocycles. The molecule has 0 amide bonds. The van der Waals surface area contributed by atoms with Gasteiger partial charge in [-0.2, -0.15) is 0 Å². The van der Waals surface area contributed by atoms with Crippen LogP contribution in [0.2, 0.25) is 6.32 Å². The van der Waals surface area contributed by atoms with Gasteiger partial charge in [0, 0.05) is 12.1 Å². The average molecular weight is 252 g/mol. The number of nitrogens with two attached hydrogens (primary N) is 1. The summed E-state index contributed by atoms with van der Waals surface area (Å²) in [5.41, 5.74) is 5.28. The Hall–Kier alpha value is -0.545. The monoisotopic (exact) mass is 252 g/mol. The van der Waals surface area contributed by atoms with Crippen LogP contribution in [0.3, 0.4) is 0 Å². The number of carboxylic acid groups (broad SMARTS) is 1. The summed E-state index contributed by atoms with van der Waals surface area (Å²) in [6.07, 6.45) is 7.98. The van der Waals surface area contributed by atoms with Gasteiger partial charge in [0.25, 0.3) is 0 Å². The van der Waals surface area contributed by atoms with Crippen LogP contribution in [0.1, 0.15) is 44.9 Å². The molecule has 2 fully saturated rings. The van der Waals surface area contributed by atoms with Gasteiger partial charge in [-0.25, -0.2) is 0 Å². The van der Waals surface area contributed by atoms with Crippen LogP contribution in [0.15, 0.2) is 0 Å². The predicted molar refractivity (Wildman–Crippen MR) is 74.4 cm³/mol. The molecule has 0 aromatic carbocycles. The van der Waals surface area contributed by atoms with E-state index in [1.165, 1.54) is 12.8 Å². The van der Waals surface area contributed by atoms with E-state index >= 15 is 0 Å². The maximum atomic E-state index is 11.6. The van der Waals surface area contributed by atoms with E-state index in [-0.39, 0.29) is 5.92 Å². The lowest BCUT2D eigenvalue weighted by Gasteiger charge is -2.39. The molecule has 0 aromatic rings. The average Bonchev–Trinajstić information content (AvgIpc) is 2.68. The second-order valence-corrected chi connectivity index (χ2v) is 6.11. The number of carbonyl (C=O) groups is 1. The summed E-state index contributed by atoms with van der Waals surface area (Å²) in [5, 5.41) is 13.1. The first-order valence-corrected chi connectivity index (χ1v) is 7.34. The van der Waals surface area contributed by atoms with Gasteiger partial charge in [0.1, 0.15) is 13.4 Å². The minimum Gasteiger partial charge on any atom is -0.480 e. The Morgan fingerprint density at radius 1 is 1.33 bits per heavy atom. The largest absolute Gasteiger partial charge is 0.480 e. The van der Waals surface area contributed by atoms with Crippen LogP contribution >= 0.6 is 0 Å². The second kappa shape index (κ2) is 5.62. The molecule has 2 rings (SSSR count). The molecule has 2 aliphatic heterocycles. The van der Waals surface area contributed by atoms with Gasteiger partial charge in [-0.3, -0.25) is 4.79 Å². The summed E-state index contributed by atoms with van der Waals surface area (Å²) in [5.74, 6) is -0.657. The van der Waals surface area contributed by atoms with Crippen LogP contribution in [-0.4, -0.2) is 36.5 Å². The van der Waals surface area contributed by atoms with Crippen LogP contribution in [0.25, 0.3) is 0 Å². The molecule has 4 N–H and O–H groups in total. The first-order valence-electron chi connectivity index (χ1n) is 7.34. The summed E-state index contributed by atoms with van der Waals surface area (Å²) in [7, 11) is 2.13. The molecule has 0 spiro atoms. The van der Waals surface area contributed by atoms with Gasteiger partial charge < -0.3 is 16.2 Å². The zero-order valence-electron chi connectivity index (χ0n) is 11.3. The second-order valence-electron chi connectivity index (χ2n) is 6.11. The van der Waals surface area contributed by atoms with Crippen molar-refractivity contribution in [2.75, 3.05) is 0 Å². The minimum absolute atomic E-state index is 0.144. The van der Waals surface area contributed by atoms with Crippen molar-refractivity contribution in [2.24, 2.45) is 11.7 Å². The molecular weight excluding hydrogens is 227 g/mol.